The van der Waals surface area contributed by atoms with Crippen LogP contribution in [0.15, 0.2) is 24.4 Å². The number of ether oxygens (including phenoxy) is 1. The van der Waals surface area contributed by atoms with Gasteiger partial charge in [0.05, 0.1) is 17.8 Å². The molecule has 0 amide bonds. The number of pyridine rings is 1. The summed E-state index contributed by atoms with van der Waals surface area (Å²) in [7, 11) is 0. The van der Waals surface area contributed by atoms with E-state index in [4.69, 9.17) is 4.74 Å². The average Bonchev–Trinajstić information content (AvgIpc) is 2.44. The number of hydrogen-bond donors (Lipinski definition) is 2. The van der Waals surface area contributed by atoms with Crippen molar-refractivity contribution in [2.75, 3.05) is 13.2 Å². The van der Waals surface area contributed by atoms with Crippen LogP contribution in [-0.4, -0.2) is 35.5 Å². The normalized spacial score (nSPS) is 29.7. The second-order valence-electron chi connectivity index (χ2n) is 5.67. The molecular formula is C15H22N2O2. The van der Waals surface area contributed by atoms with Crippen molar-refractivity contribution in [2.24, 2.45) is 5.92 Å². The molecule has 0 aromatic carbocycles. The molecule has 1 atom stereocenters. The van der Waals surface area contributed by atoms with Gasteiger partial charge in [-0.05, 0) is 43.7 Å². The van der Waals surface area contributed by atoms with Crippen molar-refractivity contribution in [3.63, 3.8) is 0 Å². The molecule has 2 N–H and O–H groups in total. The number of hydrogen-bond acceptors (Lipinski definition) is 4. The molecule has 104 valence electrons. The van der Waals surface area contributed by atoms with Crippen LogP contribution < -0.4 is 5.32 Å². The van der Waals surface area contributed by atoms with E-state index < -0.39 is 0 Å². The average molecular weight is 262 g/mol. The van der Waals surface area contributed by atoms with Gasteiger partial charge in [0, 0.05) is 25.5 Å². The number of nitrogens with one attached hydrogen (secondary N) is 1. The molecule has 1 saturated heterocycles. The Morgan fingerprint density at radius 2 is 2.05 bits per heavy atom. The summed E-state index contributed by atoms with van der Waals surface area (Å²) in [6, 6.07) is 6.86. The zero-order valence-electron chi connectivity index (χ0n) is 11.2. The van der Waals surface area contributed by atoms with Crippen molar-refractivity contribution in [2.45, 2.75) is 43.9 Å². The maximum absolute atomic E-state index is 9.55. The molecule has 0 unspecified atom stereocenters. The van der Waals surface area contributed by atoms with Gasteiger partial charge in [0.1, 0.15) is 0 Å². The molecule has 0 spiro atoms. The summed E-state index contributed by atoms with van der Waals surface area (Å²) in [6.45, 7) is 1.69. The summed E-state index contributed by atoms with van der Waals surface area (Å²) in [4.78, 5) is 4.50. The van der Waals surface area contributed by atoms with Gasteiger partial charge in [0.25, 0.3) is 0 Å². The van der Waals surface area contributed by atoms with Crippen LogP contribution in [0.3, 0.4) is 0 Å². The van der Waals surface area contributed by atoms with Crippen molar-refractivity contribution < 1.29 is 9.84 Å². The summed E-state index contributed by atoms with van der Waals surface area (Å²) in [5, 5.41) is 13.3. The van der Waals surface area contributed by atoms with Gasteiger partial charge >= 0.3 is 0 Å². The molecule has 19 heavy (non-hydrogen) atoms. The highest BCUT2D eigenvalue weighted by molar-refractivity contribution is 5.12. The van der Waals surface area contributed by atoms with E-state index >= 15 is 0 Å². The summed E-state index contributed by atoms with van der Waals surface area (Å²) < 4.78 is 5.41. The lowest BCUT2D eigenvalue weighted by Crippen LogP contribution is -2.45. The van der Waals surface area contributed by atoms with Gasteiger partial charge in [-0.3, -0.25) is 4.98 Å². The quantitative estimate of drug-likeness (QED) is 0.866. The third kappa shape index (κ3) is 3.14. The van der Waals surface area contributed by atoms with Crippen molar-refractivity contribution >= 4 is 0 Å². The molecule has 1 aliphatic heterocycles. The highest BCUT2D eigenvalue weighted by Crippen LogP contribution is 2.38. The molecule has 2 aliphatic rings. The first-order chi connectivity index (χ1) is 9.33. The number of aliphatic hydroxyl groups excluding tert-OH is 1. The molecule has 1 saturated carbocycles. The minimum atomic E-state index is -0.118. The predicted molar refractivity (Wildman–Crippen MR) is 72.7 cm³/mol. The Kier molecular flexibility index (Phi) is 4.11. The summed E-state index contributed by atoms with van der Waals surface area (Å²) in [5.41, 5.74) is 1.10. The van der Waals surface area contributed by atoms with E-state index in [-0.39, 0.29) is 12.1 Å². The van der Waals surface area contributed by atoms with E-state index in [0.29, 0.717) is 12.0 Å². The molecule has 0 radical (unpaired) electrons. The molecule has 1 aromatic heterocycles. The van der Waals surface area contributed by atoms with E-state index in [2.05, 4.69) is 16.4 Å². The molecule has 2 heterocycles. The van der Waals surface area contributed by atoms with Crippen LogP contribution >= 0.6 is 0 Å². The third-order valence-electron chi connectivity index (χ3n) is 4.26. The summed E-state index contributed by atoms with van der Waals surface area (Å²) in [5.74, 6) is 0.507. The fraction of sp³-hybridized carbons (Fsp3) is 0.667. The molecule has 4 heteroatoms. The van der Waals surface area contributed by atoms with Crippen molar-refractivity contribution in [1.29, 1.82) is 0 Å². The largest absolute Gasteiger partial charge is 0.393 e. The maximum Gasteiger partial charge on any atom is 0.0576 e. The van der Waals surface area contributed by atoms with E-state index in [1.165, 1.54) is 0 Å². The van der Waals surface area contributed by atoms with Gasteiger partial charge in [0.2, 0.25) is 0 Å². The van der Waals surface area contributed by atoms with Crippen LogP contribution in [0, 0.1) is 5.92 Å². The van der Waals surface area contributed by atoms with Crippen LogP contribution in [0.4, 0.5) is 0 Å². The summed E-state index contributed by atoms with van der Waals surface area (Å²) in [6.07, 6.45) is 5.64. The van der Waals surface area contributed by atoms with Crippen molar-refractivity contribution in [3.05, 3.63) is 30.1 Å². The molecule has 0 bridgehead atoms. The van der Waals surface area contributed by atoms with Gasteiger partial charge in [-0.1, -0.05) is 6.07 Å². The van der Waals surface area contributed by atoms with Crippen LogP contribution in [0.5, 0.6) is 0 Å². The Morgan fingerprint density at radius 1 is 1.26 bits per heavy atom. The zero-order valence-corrected chi connectivity index (χ0v) is 11.2. The molecule has 4 nitrogen and oxygen atoms in total. The van der Waals surface area contributed by atoms with E-state index in [1.54, 1.807) is 0 Å². The van der Waals surface area contributed by atoms with Gasteiger partial charge < -0.3 is 15.2 Å². The maximum atomic E-state index is 9.55. The van der Waals surface area contributed by atoms with E-state index in [1.807, 2.05) is 18.3 Å². The van der Waals surface area contributed by atoms with Gasteiger partial charge in [-0.25, -0.2) is 0 Å². The lowest BCUT2D eigenvalue weighted by molar-refractivity contribution is 0.0138. The molecular weight excluding hydrogens is 240 g/mol. The highest BCUT2D eigenvalue weighted by Gasteiger charge is 2.36. The Bertz CT molecular complexity index is 386. The first-order valence-electron chi connectivity index (χ1n) is 7.25. The minimum Gasteiger partial charge on any atom is -0.393 e. The first-order valence-corrected chi connectivity index (χ1v) is 7.25. The SMILES string of the molecule is OC1CC([C@H](NC2CCOCC2)c2ccccn2)C1. The second kappa shape index (κ2) is 5.99. The number of aromatic nitrogens is 1. The Morgan fingerprint density at radius 3 is 2.68 bits per heavy atom. The van der Waals surface area contributed by atoms with Crippen molar-refractivity contribution in [3.8, 4) is 0 Å². The highest BCUT2D eigenvalue weighted by atomic mass is 16.5. The molecule has 1 aliphatic carbocycles. The number of nitrogens with zero attached hydrogens (tertiary/aromatic N) is 1. The molecule has 1 aromatic rings. The summed E-state index contributed by atoms with van der Waals surface area (Å²) >= 11 is 0. The van der Waals surface area contributed by atoms with Gasteiger partial charge in [-0.15, -0.1) is 0 Å². The second-order valence-corrected chi connectivity index (χ2v) is 5.67. The molecule has 3 rings (SSSR count). The lowest BCUT2D eigenvalue weighted by atomic mass is 9.75. The van der Waals surface area contributed by atoms with Gasteiger partial charge in [-0.2, -0.15) is 0 Å². The standard InChI is InChI=1S/C15H22N2O2/c18-13-9-11(10-13)15(14-3-1-2-6-16-14)17-12-4-7-19-8-5-12/h1-3,6,11-13,15,17-18H,4-5,7-10H2/t11?,13?,15-/m0/s1. The lowest BCUT2D eigenvalue weighted by Gasteiger charge is -2.40. The van der Waals surface area contributed by atoms with E-state index in [0.717, 1.165) is 44.6 Å². The van der Waals surface area contributed by atoms with Crippen LogP contribution in [0.2, 0.25) is 0 Å². The smallest absolute Gasteiger partial charge is 0.0576 e. The van der Waals surface area contributed by atoms with Crippen LogP contribution in [-0.2, 0) is 4.74 Å². The van der Waals surface area contributed by atoms with E-state index in [9.17, 15) is 5.11 Å². The Hall–Kier alpha value is -0.970. The fourth-order valence-corrected chi connectivity index (χ4v) is 3.04. The number of aliphatic hydroxyl groups is 1. The monoisotopic (exact) mass is 262 g/mol. The Labute approximate surface area is 114 Å². The first kappa shape index (κ1) is 13.0. The predicted octanol–water partition coefficient (Wildman–Crippen LogP) is 1.66. The topological polar surface area (TPSA) is 54.4 Å². The zero-order chi connectivity index (χ0) is 13.1. The van der Waals surface area contributed by atoms with Crippen molar-refractivity contribution in [1.82, 2.24) is 10.3 Å². The number of rotatable bonds is 4. The van der Waals surface area contributed by atoms with Gasteiger partial charge in [0.15, 0.2) is 0 Å². The fourth-order valence-electron chi connectivity index (χ4n) is 3.04. The van der Waals surface area contributed by atoms with Crippen LogP contribution in [0.25, 0.3) is 0 Å². The minimum absolute atomic E-state index is 0.118. The molecule has 2 fully saturated rings. The third-order valence-corrected chi connectivity index (χ3v) is 4.26. The van der Waals surface area contributed by atoms with Crippen LogP contribution in [0.1, 0.15) is 37.4 Å². The Balaban J connectivity index is 1.69.